The maximum atomic E-state index is 11.9. The van der Waals surface area contributed by atoms with E-state index >= 15 is 0 Å². The lowest BCUT2D eigenvalue weighted by Crippen LogP contribution is -2.37. The summed E-state index contributed by atoms with van der Waals surface area (Å²) in [6, 6.07) is 5.20. The van der Waals surface area contributed by atoms with E-state index in [1.807, 2.05) is 13.0 Å². The highest BCUT2D eigenvalue weighted by molar-refractivity contribution is 9.11. The topological polar surface area (TPSA) is 49.3 Å². The Kier molecular flexibility index (Phi) is 5.44. The molecule has 0 saturated heterocycles. The lowest BCUT2D eigenvalue weighted by atomic mass is 10.2. The Labute approximate surface area is 111 Å². The third-order valence-electron chi connectivity index (χ3n) is 2.22. The van der Waals surface area contributed by atoms with E-state index in [1.165, 1.54) is 0 Å². The van der Waals surface area contributed by atoms with Crippen molar-refractivity contribution in [3.63, 3.8) is 0 Å². The Morgan fingerprint density at radius 3 is 2.75 bits per heavy atom. The Morgan fingerprint density at radius 1 is 1.50 bits per heavy atom. The normalized spacial score (nSPS) is 12.2. The first-order chi connectivity index (χ1) is 7.58. The fraction of sp³-hybridized carbons (Fsp3) is 0.364. The van der Waals surface area contributed by atoms with Crippen LogP contribution in [0.15, 0.2) is 27.1 Å². The number of amides is 1. The number of halogens is 2. The van der Waals surface area contributed by atoms with Gasteiger partial charge in [0, 0.05) is 8.95 Å². The van der Waals surface area contributed by atoms with E-state index in [9.17, 15) is 4.79 Å². The molecule has 3 nitrogen and oxygen atoms in total. The number of carbonyl (C=O) groups excluding carboxylic acids is 1. The average Bonchev–Trinajstić information content (AvgIpc) is 2.28. The number of hydrogen-bond donors (Lipinski definition) is 2. The van der Waals surface area contributed by atoms with Gasteiger partial charge >= 0.3 is 0 Å². The predicted octanol–water partition coefficient (Wildman–Crippen LogP) is 2.71. The Balaban J connectivity index is 2.83. The highest BCUT2D eigenvalue weighted by Crippen LogP contribution is 2.21. The van der Waals surface area contributed by atoms with Crippen LogP contribution in [0.1, 0.15) is 23.7 Å². The van der Waals surface area contributed by atoms with Gasteiger partial charge in [0.15, 0.2) is 0 Å². The number of aliphatic hydroxyl groups is 1. The monoisotopic (exact) mass is 349 g/mol. The molecule has 0 spiro atoms. The van der Waals surface area contributed by atoms with Crippen molar-refractivity contribution in [2.24, 2.45) is 0 Å². The first-order valence-corrected chi connectivity index (χ1v) is 6.53. The van der Waals surface area contributed by atoms with Crippen molar-refractivity contribution in [1.82, 2.24) is 5.32 Å². The zero-order chi connectivity index (χ0) is 12.1. The van der Waals surface area contributed by atoms with Crippen molar-refractivity contribution in [2.45, 2.75) is 19.4 Å². The molecule has 1 rings (SSSR count). The van der Waals surface area contributed by atoms with Crippen LogP contribution < -0.4 is 5.32 Å². The summed E-state index contributed by atoms with van der Waals surface area (Å²) in [4.78, 5) is 11.9. The molecule has 16 heavy (non-hydrogen) atoms. The summed E-state index contributed by atoms with van der Waals surface area (Å²) in [5, 5.41) is 11.8. The number of nitrogens with one attached hydrogen (secondary N) is 1. The fourth-order valence-electron chi connectivity index (χ4n) is 1.21. The van der Waals surface area contributed by atoms with Gasteiger partial charge in [0.2, 0.25) is 0 Å². The predicted molar refractivity (Wildman–Crippen MR) is 70.5 cm³/mol. The van der Waals surface area contributed by atoms with Crippen LogP contribution in [0.5, 0.6) is 0 Å². The van der Waals surface area contributed by atoms with Crippen molar-refractivity contribution >= 4 is 37.8 Å². The third-order valence-corrected chi connectivity index (χ3v) is 3.41. The van der Waals surface area contributed by atoms with E-state index in [4.69, 9.17) is 5.11 Å². The van der Waals surface area contributed by atoms with Crippen molar-refractivity contribution in [2.75, 3.05) is 6.61 Å². The van der Waals surface area contributed by atoms with Crippen molar-refractivity contribution in [1.29, 1.82) is 0 Å². The van der Waals surface area contributed by atoms with E-state index < -0.39 is 0 Å². The van der Waals surface area contributed by atoms with Gasteiger partial charge in [0.05, 0.1) is 18.2 Å². The second-order valence-corrected chi connectivity index (χ2v) is 5.16. The Morgan fingerprint density at radius 2 is 2.19 bits per heavy atom. The molecule has 88 valence electrons. The smallest absolute Gasteiger partial charge is 0.252 e. The van der Waals surface area contributed by atoms with Gasteiger partial charge in [-0.15, -0.1) is 0 Å². The number of rotatable bonds is 4. The molecule has 1 aromatic rings. The zero-order valence-corrected chi connectivity index (χ0v) is 12.0. The molecule has 0 fully saturated rings. The minimum atomic E-state index is -0.196. The average molecular weight is 351 g/mol. The van der Waals surface area contributed by atoms with Crippen LogP contribution in [0.25, 0.3) is 0 Å². The molecule has 5 heteroatoms. The van der Waals surface area contributed by atoms with Crippen LogP contribution in [0.3, 0.4) is 0 Å². The molecule has 0 aliphatic carbocycles. The number of carbonyl (C=O) groups is 1. The second kappa shape index (κ2) is 6.37. The second-order valence-electron chi connectivity index (χ2n) is 3.39. The van der Waals surface area contributed by atoms with Gasteiger partial charge < -0.3 is 10.4 Å². The minimum Gasteiger partial charge on any atom is -0.394 e. The van der Waals surface area contributed by atoms with E-state index in [1.54, 1.807) is 12.1 Å². The number of benzene rings is 1. The first kappa shape index (κ1) is 13.7. The van der Waals surface area contributed by atoms with Crippen LogP contribution in [0, 0.1) is 0 Å². The molecule has 0 saturated carbocycles. The molecule has 0 aliphatic heterocycles. The van der Waals surface area contributed by atoms with Crippen molar-refractivity contribution in [3.05, 3.63) is 32.7 Å². The van der Waals surface area contributed by atoms with E-state index in [2.05, 4.69) is 37.2 Å². The van der Waals surface area contributed by atoms with Gasteiger partial charge in [-0.1, -0.05) is 22.9 Å². The summed E-state index contributed by atoms with van der Waals surface area (Å²) >= 11 is 6.64. The molecular weight excluding hydrogens is 338 g/mol. The molecule has 0 bridgehead atoms. The maximum Gasteiger partial charge on any atom is 0.252 e. The fourth-order valence-corrected chi connectivity index (χ4v) is 2.00. The lowest BCUT2D eigenvalue weighted by Gasteiger charge is -2.14. The van der Waals surface area contributed by atoms with Gasteiger partial charge in [0.1, 0.15) is 0 Å². The van der Waals surface area contributed by atoms with Gasteiger partial charge in [-0.2, -0.15) is 0 Å². The number of aliphatic hydroxyl groups excluding tert-OH is 1. The third kappa shape index (κ3) is 3.57. The van der Waals surface area contributed by atoms with Crippen LogP contribution >= 0.6 is 31.9 Å². The van der Waals surface area contributed by atoms with Crippen molar-refractivity contribution < 1.29 is 9.90 Å². The molecule has 1 amide bonds. The summed E-state index contributed by atoms with van der Waals surface area (Å²) in [5.41, 5.74) is 0.557. The quantitative estimate of drug-likeness (QED) is 0.877. The van der Waals surface area contributed by atoms with E-state index in [0.717, 1.165) is 8.95 Å². The zero-order valence-electron chi connectivity index (χ0n) is 8.84. The SMILES string of the molecule is CCC(CO)NC(=O)c1cc(Br)ccc1Br. The summed E-state index contributed by atoms with van der Waals surface area (Å²) in [6.07, 6.45) is 0.702. The largest absolute Gasteiger partial charge is 0.394 e. The molecule has 1 unspecified atom stereocenters. The highest BCUT2D eigenvalue weighted by Gasteiger charge is 2.14. The standard InChI is InChI=1S/C11H13Br2NO2/c1-2-8(6-15)14-11(16)9-5-7(12)3-4-10(9)13/h3-5,8,15H,2,6H2,1H3,(H,14,16). The molecular formula is C11H13Br2NO2. The summed E-state index contributed by atoms with van der Waals surface area (Å²) in [7, 11) is 0. The van der Waals surface area contributed by atoms with Crippen LogP contribution in [0.2, 0.25) is 0 Å². The number of hydrogen-bond acceptors (Lipinski definition) is 2. The Hall–Kier alpha value is -0.390. The highest BCUT2D eigenvalue weighted by atomic mass is 79.9. The van der Waals surface area contributed by atoms with Gasteiger partial charge in [-0.25, -0.2) is 0 Å². The molecule has 1 atom stereocenters. The minimum absolute atomic E-state index is 0.0478. The van der Waals surface area contributed by atoms with Gasteiger partial charge in [-0.3, -0.25) is 4.79 Å². The summed E-state index contributed by atoms with van der Waals surface area (Å²) in [5.74, 6) is -0.186. The van der Waals surface area contributed by atoms with Crippen LogP contribution in [-0.4, -0.2) is 23.7 Å². The van der Waals surface area contributed by atoms with Crippen molar-refractivity contribution in [3.8, 4) is 0 Å². The van der Waals surface area contributed by atoms with E-state index in [0.29, 0.717) is 12.0 Å². The molecule has 0 aromatic heterocycles. The van der Waals surface area contributed by atoms with Gasteiger partial charge in [0.25, 0.3) is 5.91 Å². The molecule has 0 heterocycles. The molecule has 1 aromatic carbocycles. The van der Waals surface area contributed by atoms with E-state index in [-0.39, 0.29) is 18.6 Å². The first-order valence-electron chi connectivity index (χ1n) is 4.95. The Bertz CT molecular complexity index is 378. The summed E-state index contributed by atoms with van der Waals surface area (Å²) in [6.45, 7) is 1.87. The summed E-state index contributed by atoms with van der Waals surface area (Å²) < 4.78 is 1.58. The van der Waals surface area contributed by atoms with Crippen LogP contribution in [-0.2, 0) is 0 Å². The van der Waals surface area contributed by atoms with Gasteiger partial charge in [-0.05, 0) is 40.5 Å². The molecule has 0 aliphatic rings. The molecule has 2 N–H and O–H groups in total. The lowest BCUT2D eigenvalue weighted by molar-refractivity contribution is 0.0914. The van der Waals surface area contributed by atoms with Crippen LogP contribution in [0.4, 0.5) is 0 Å². The maximum absolute atomic E-state index is 11.9. The molecule has 0 radical (unpaired) electrons.